The lowest BCUT2D eigenvalue weighted by molar-refractivity contribution is -0.521. The molecule has 0 saturated carbocycles. The van der Waals surface area contributed by atoms with Crippen LogP contribution in [0.5, 0.6) is 0 Å². The van der Waals surface area contributed by atoms with Crippen LogP contribution < -0.4 is 0 Å². The van der Waals surface area contributed by atoms with Crippen molar-refractivity contribution in [3.63, 3.8) is 0 Å². The molecule has 20 heavy (non-hydrogen) atoms. The molecule has 1 rings (SSSR count). The molecule has 0 aliphatic carbocycles. The summed E-state index contributed by atoms with van der Waals surface area (Å²) in [6.07, 6.45) is 1.78. The van der Waals surface area contributed by atoms with Gasteiger partial charge in [-0.1, -0.05) is 0 Å². The average Bonchev–Trinajstić information content (AvgIpc) is 2.30. The van der Waals surface area contributed by atoms with Gasteiger partial charge >= 0.3 is 11.9 Å². The monoisotopic (exact) mass is 305 g/mol. The molecule has 1 heterocycles. The Balaban J connectivity index is 3.07. The van der Waals surface area contributed by atoms with Gasteiger partial charge in [0, 0.05) is 32.1 Å². The molecule has 0 radical (unpaired) electrons. The molecule has 1 aliphatic heterocycles. The second-order valence-corrected chi connectivity index (χ2v) is 6.33. The number of carbonyl (C=O) groups excluding carboxylic acids is 2. The van der Waals surface area contributed by atoms with Crippen LogP contribution in [-0.4, -0.2) is 40.7 Å². The largest absolute Gasteiger partial charge is 0.422 e. The van der Waals surface area contributed by atoms with Crippen LogP contribution in [0.1, 0.15) is 33.6 Å². The highest BCUT2D eigenvalue weighted by atomic mass is 32.2. The van der Waals surface area contributed by atoms with E-state index in [4.69, 9.17) is 9.47 Å². The zero-order chi connectivity index (χ0) is 15.6. The number of ether oxygens (including phenoxy) is 2. The summed E-state index contributed by atoms with van der Waals surface area (Å²) in [5, 5.41) is 10.8. The number of nitro groups is 1. The molecule has 0 unspecified atom stereocenters. The normalized spacial score (nSPS) is 21.8. The SMILES string of the molecule is CSCCC1(C[C@H](C)[N+](=O)[O-])C(=O)OC(C)(C)OC1=O. The first kappa shape index (κ1) is 16.7. The Labute approximate surface area is 121 Å². The summed E-state index contributed by atoms with van der Waals surface area (Å²) in [5.74, 6) is -2.28. The number of cyclic esters (lactones) is 2. The Kier molecular flexibility index (Phi) is 5.01. The fourth-order valence-electron chi connectivity index (χ4n) is 2.07. The van der Waals surface area contributed by atoms with Crippen molar-refractivity contribution >= 4 is 23.7 Å². The van der Waals surface area contributed by atoms with Gasteiger partial charge in [-0.15, -0.1) is 0 Å². The molecule has 0 aromatic carbocycles. The lowest BCUT2D eigenvalue weighted by atomic mass is 9.78. The van der Waals surface area contributed by atoms with E-state index in [1.54, 1.807) is 0 Å². The third-order valence-corrected chi connectivity index (χ3v) is 3.81. The summed E-state index contributed by atoms with van der Waals surface area (Å²) in [6.45, 7) is 4.28. The van der Waals surface area contributed by atoms with Crippen molar-refractivity contribution in [1.29, 1.82) is 0 Å². The first-order chi connectivity index (χ1) is 9.14. The Morgan fingerprint density at radius 3 is 2.20 bits per heavy atom. The van der Waals surface area contributed by atoms with Crippen molar-refractivity contribution in [2.75, 3.05) is 12.0 Å². The highest BCUT2D eigenvalue weighted by Gasteiger charge is 2.57. The van der Waals surface area contributed by atoms with Gasteiger partial charge in [-0.05, 0) is 18.4 Å². The van der Waals surface area contributed by atoms with Gasteiger partial charge in [0.2, 0.25) is 6.04 Å². The number of nitrogens with zero attached hydrogens (tertiary/aromatic N) is 1. The molecule has 1 fully saturated rings. The molecule has 1 saturated heterocycles. The van der Waals surface area contributed by atoms with Crippen LogP contribution >= 0.6 is 11.8 Å². The van der Waals surface area contributed by atoms with E-state index in [1.165, 1.54) is 32.5 Å². The van der Waals surface area contributed by atoms with E-state index in [9.17, 15) is 19.7 Å². The highest BCUT2D eigenvalue weighted by Crippen LogP contribution is 2.40. The summed E-state index contributed by atoms with van der Waals surface area (Å²) in [6, 6.07) is -1.03. The van der Waals surface area contributed by atoms with E-state index in [0.29, 0.717) is 5.75 Å². The Bertz CT molecular complexity index is 402. The van der Waals surface area contributed by atoms with Crippen LogP contribution in [0, 0.1) is 15.5 Å². The number of carbonyl (C=O) groups is 2. The summed E-state index contributed by atoms with van der Waals surface area (Å²) >= 11 is 1.45. The third kappa shape index (κ3) is 3.41. The molecular weight excluding hydrogens is 286 g/mol. The molecular formula is C12H19NO6S. The quantitative estimate of drug-likeness (QED) is 0.318. The van der Waals surface area contributed by atoms with Crippen molar-refractivity contribution in [1.82, 2.24) is 0 Å². The first-order valence-electron chi connectivity index (χ1n) is 6.24. The predicted octanol–water partition coefficient (Wildman–Crippen LogP) is 1.62. The van der Waals surface area contributed by atoms with E-state index in [1.807, 2.05) is 6.26 Å². The van der Waals surface area contributed by atoms with Crippen molar-refractivity contribution in [3.8, 4) is 0 Å². The number of hydrogen-bond acceptors (Lipinski definition) is 7. The van der Waals surface area contributed by atoms with Gasteiger partial charge in [-0.2, -0.15) is 11.8 Å². The van der Waals surface area contributed by atoms with Crippen molar-refractivity contribution in [2.45, 2.75) is 45.4 Å². The fraction of sp³-hybridized carbons (Fsp3) is 0.833. The fourth-order valence-corrected chi connectivity index (χ4v) is 2.63. The van der Waals surface area contributed by atoms with Gasteiger partial charge in [0.1, 0.15) is 0 Å². The van der Waals surface area contributed by atoms with Gasteiger partial charge in [0.15, 0.2) is 5.41 Å². The van der Waals surface area contributed by atoms with Crippen molar-refractivity contribution < 1.29 is 24.0 Å². The molecule has 0 amide bonds. The molecule has 1 atom stereocenters. The second-order valence-electron chi connectivity index (χ2n) is 5.34. The minimum absolute atomic E-state index is 0.167. The molecule has 0 bridgehead atoms. The molecule has 7 nitrogen and oxygen atoms in total. The average molecular weight is 305 g/mol. The van der Waals surface area contributed by atoms with Gasteiger partial charge in [0.05, 0.1) is 0 Å². The van der Waals surface area contributed by atoms with Crippen LogP contribution in [-0.2, 0) is 19.1 Å². The van der Waals surface area contributed by atoms with Crippen LogP contribution in [0.15, 0.2) is 0 Å². The standard InChI is InChI=1S/C12H19NO6S/c1-8(13(16)17)7-12(5-6-20-4)9(14)18-11(2,3)19-10(12)15/h8H,5-7H2,1-4H3/t8-/m0/s1. The summed E-state index contributed by atoms with van der Waals surface area (Å²) in [5.41, 5.74) is -1.58. The summed E-state index contributed by atoms with van der Waals surface area (Å²) in [4.78, 5) is 34.8. The molecule has 114 valence electrons. The Morgan fingerprint density at radius 1 is 1.30 bits per heavy atom. The van der Waals surface area contributed by atoms with Gasteiger partial charge in [-0.25, -0.2) is 0 Å². The minimum atomic E-state index is -1.58. The van der Waals surface area contributed by atoms with Crippen LogP contribution in [0.25, 0.3) is 0 Å². The molecule has 0 spiro atoms. The van der Waals surface area contributed by atoms with E-state index < -0.39 is 34.1 Å². The molecule has 8 heteroatoms. The molecule has 0 aromatic heterocycles. The summed E-state index contributed by atoms with van der Waals surface area (Å²) < 4.78 is 10.2. The van der Waals surface area contributed by atoms with E-state index in [0.717, 1.165) is 0 Å². The lowest BCUT2D eigenvalue weighted by Crippen LogP contribution is -2.55. The predicted molar refractivity (Wildman–Crippen MR) is 72.8 cm³/mol. The topological polar surface area (TPSA) is 95.7 Å². The Morgan fingerprint density at radius 2 is 1.80 bits per heavy atom. The minimum Gasteiger partial charge on any atom is -0.422 e. The number of rotatable bonds is 6. The number of thioether (sulfide) groups is 1. The third-order valence-electron chi connectivity index (χ3n) is 3.20. The number of hydrogen-bond donors (Lipinski definition) is 0. The lowest BCUT2D eigenvalue weighted by Gasteiger charge is -2.40. The molecule has 0 N–H and O–H groups in total. The van der Waals surface area contributed by atoms with Crippen molar-refractivity contribution in [2.24, 2.45) is 5.41 Å². The highest BCUT2D eigenvalue weighted by molar-refractivity contribution is 7.98. The van der Waals surface area contributed by atoms with Crippen LogP contribution in [0.2, 0.25) is 0 Å². The van der Waals surface area contributed by atoms with E-state index >= 15 is 0 Å². The van der Waals surface area contributed by atoms with Crippen molar-refractivity contribution in [3.05, 3.63) is 10.1 Å². The van der Waals surface area contributed by atoms with E-state index in [2.05, 4.69) is 0 Å². The van der Waals surface area contributed by atoms with Gasteiger partial charge in [-0.3, -0.25) is 19.7 Å². The maximum Gasteiger partial charge on any atom is 0.327 e. The first-order valence-corrected chi connectivity index (χ1v) is 7.63. The van der Waals surface area contributed by atoms with Gasteiger partial charge in [0.25, 0.3) is 5.79 Å². The van der Waals surface area contributed by atoms with Crippen LogP contribution in [0.3, 0.4) is 0 Å². The maximum atomic E-state index is 12.3. The zero-order valence-corrected chi connectivity index (χ0v) is 12.8. The van der Waals surface area contributed by atoms with Gasteiger partial charge < -0.3 is 9.47 Å². The molecule has 0 aromatic rings. The Hall–Kier alpha value is -1.31. The summed E-state index contributed by atoms with van der Waals surface area (Å²) in [7, 11) is 0. The second kappa shape index (κ2) is 5.99. The smallest absolute Gasteiger partial charge is 0.327 e. The number of esters is 2. The molecule has 1 aliphatic rings. The maximum absolute atomic E-state index is 12.3. The zero-order valence-electron chi connectivity index (χ0n) is 12.0. The van der Waals surface area contributed by atoms with E-state index in [-0.39, 0.29) is 12.8 Å². The van der Waals surface area contributed by atoms with Crippen LogP contribution in [0.4, 0.5) is 0 Å².